The molecule has 1 saturated heterocycles. The van der Waals surface area contributed by atoms with Crippen LogP contribution >= 0.6 is 0 Å². The third-order valence-corrected chi connectivity index (χ3v) is 6.31. The number of nitrogens with one attached hydrogen (secondary N) is 3. The fourth-order valence-corrected chi connectivity index (χ4v) is 4.34. The van der Waals surface area contributed by atoms with Gasteiger partial charge < -0.3 is 35.6 Å². The SMILES string of the molecule is Nc1ccccc1NC(=O)c1ccc(OCCNC(=O)c2cc3c(CC4CNCCO4)cccc3o2)cc1. The Morgan fingerprint density at radius 2 is 1.87 bits per heavy atom. The third kappa shape index (κ3) is 6.13. The second kappa shape index (κ2) is 11.8. The van der Waals surface area contributed by atoms with Crippen LogP contribution in [-0.4, -0.2) is 50.8 Å². The van der Waals surface area contributed by atoms with Gasteiger partial charge in [-0.25, -0.2) is 0 Å². The zero-order chi connectivity index (χ0) is 26.3. The second-order valence-electron chi connectivity index (χ2n) is 9.01. The Balaban J connectivity index is 1.11. The number of furan rings is 1. The van der Waals surface area contributed by atoms with Gasteiger partial charge in [-0.05, 0) is 54.1 Å². The molecule has 1 aliphatic rings. The Morgan fingerprint density at radius 3 is 2.66 bits per heavy atom. The molecule has 9 heteroatoms. The van der Waals surface area contributed by atoms with Gasteiger partial charge in [0.15, 0.2) is 5.76 Å². The summed E-state index contributed by atoms with van der Waals surface area (Å²) in [5, 5.41) is 9.87. The number of carbonyl (C=O) groups excluding carboxylic acids is 2. The minimum atomic E-state index is -0.307. The lowest BCUT2D eigenvalue weighted by Crippen LogP contribution is -2.39. The number of fused-ring (bicyclic) bond motifs is 1. The first-order chi connectivity index (χ1) is 18.6. The zero-order valence-electron chi connectivity index (χ0n) is 20.9. The lowest BCUT2D eigenvalue weighted by Gasteiger charge is -2.23. The minimum Gasteiger partial charge on any atom is -0.492 e. The number of benzene rings is 3. The summed E-state index contributed by atoms with van der Waals surface area (Å²) in [5.74, 6) is 0.268. The van der Waals surface area contributed by atoms with Crippen molar-refractivity contribution in [2.45, 2.75) is 12.5 Å². The van der Waals surface area contributed by atoms with E-state index in [0.717, 1.165) is 30.5 Å². The van der Waals surface area contributed by atoms with E-state index < -0.39 is 0 Å². The number of para-hydroxylation sites is 2. The molecule has 0 saturated carbocycles. The van der Waals surface area contributed by atoms with Crippen molar-refractivity contribution in [3.05, 3.63) is 89.7 Å². The number of morpholine rings is 1. The molecule has 1 unspecified atom stereocenters. The average molecular weight is 515 g/mol. The van der Waals surface area contributed by atoms with E-state index in [1.165, 1.54) is 0 Å². The molecule has 5 rings (SSSR count). The van der Waals surface area contributed by atoms with Crippen molar-refractivity contribution < 1.29 is 23.5 Å². The molecule has 0 aliphatic carbocycles. The highest BCUT2D eigenvalue weighted by Crippen LogP contribution is 2.25. The van der Waals surface area contributed by atoms with E-state index in [1.54, 1.807) is 54.6 Å². The molecular formula is C29H30N4O5. The number of ether oxygens (including phenoxy) is 2. The van der Waals surface area contributed by atoms with Crippen LogP contribution in [0.3, 0.4) is 0 Å². The standard InChI is InChI=1S/C29H30N4O5/c30-24-5-1-2-6-25(24)33-28(34)19-8-10-21(11-9-19)36-15-13-32-29(35)27-17-23-20(4-3-7-26(23)38-27)16-22-18-31-12-14-37-22/h1-11,17,22,31H,12-16,18,30H2,(H,32,35)(H,33,34). The first-order valence-electron chi connectivity index (χ1n) is 12.6. The first kappa shape index (κ1) is 25.3. The lowest BCUT2D eigenvalue weighted by atomic mass is 10.0. The average Bonchev–Trinajstić information content (AvgIpc) is 3.39. The van der Waals surface area contributed by atoms with Crippen molar-refractivity contribution >= 4 is 34.2 Å². The van der Waals surface area contributed by atoms with E-state index in [2.05, 4.69) is 16.0 Å². The van der Waals surface area contributed by atoms with Crippen LogP contribution in [0.4, 0.5) is 11.4 Å². The van der Waals surface area contributed by atoms with Crippen LogP contribution in [0.2, 0.25) is 0 Å². The summed E-state index contributed by atoms with van der Waals surface area (Å²) in [5.41, 5.74) is 9.18. The molecule has 2 amide bonds. The summed E-state index contributed by atoms with van der Waals surface area (Å²) in [4.78, 5) is 25.1. The predicted octanol–water partition coefficient (Wildman–Crippen LogP) is 3.61. The molecule has 0 bridgehead atoms. The van der Waals surface area contributed by atoms with Crippen LogP contribution in [0.25, 0.3) is 11.0 Å². The molecule has 0 radical (unpaired) electrons. The topological polar surface area (TPSA) is 128 Å². The van der Waals surface area contributed by atoms with E-state index in [1.807, 2.05) is 18.2 Å². The minimum absolute atomic E-state index is 0.102. The number of nitrogens with two attached hydrogens (primary N) is 1. The van der Waals surface area contributed by atoms with Crippen molar-refractivity contribution in [1.29, 1.82) is 0 Å². The van der Waals surface area contributed by atoms with Crippen LogP contribution in [0, 0.1) is 0 Å². The monoisotopic (exact) mass is 514 g/mol. The van der Waals surface area contributed by atoms with Gasteiger partial charge in [0.25, 0.3) is 11.8 Å². The van der Waals surface area contributed by atoms with Gasteiger partial charge in [-0.2, -0.15) is 0 Å². The molecule has 3 aromatic carbocycles. The summed E-state index contributed by atoms with van der Waals surface area (Å²) in [6.45, 7) is 2.92. The molecule has 5 N–H and O–H groups in total. The fraction of sp³-hybridized carbons (Fsp3) is 0.241. The summed E-state index contributed by atoms with van der Waals surface area (Å²) < 4.78 is 17.3. The maximum Gasteiger partial charge on any atom is 0.287 e. The number of hydrogen-bond donors (Lipinski definition) is 4. The van der Waals surface area contributed by atoms with E-state index in [9.17, 15) is 9.59 Å². The van der Waals surface area contributed by atoms with Crippen molar-refractivity contribution in [2.24, 2.45) is 0 Å². The van der Waals surface area contributed by atoms with Crippen LogP contribution in [0.1, 0.15) is 26.5 Å². The molecule has 1 aromatic heterocycles. The van der Waals surface area contributed by atoms with Crippen molar-refractivity contribution in [1.82, 2.24) is 10.6 Å². The Hall–Kier alpha value is -4.34. The molecule has 9 nitrogen and oxygen atoms in total. The quantitative estimate of drug-likeness (QED) is 0.198. The van der Waals surface area contributed by atoms with Crippen LogP contribution in [0.15, 0.2) is 77.2 Å². The number of amides is 2. The van der Waals surface area contributed by atoms with E-state index in [-0.39, 0.29) is 30.3 Å². The maximum atomic E-state index is 12.7. The fourth-order valence-electron chi connectivity index (χ4n) is 4.34. The Kier molecular flexibility index (Phi) is 7.86. The van der Waals surface area contributed by atoms with Crippen molar-refractivity contribution in [3.63, 3.8) is 0 Å². The highest BCUT2D eigenvalue weighted by atomic mass is 16.5. The highest BCUT2D eigenvalue weighted by Gasteiger charge is 2.18. The summed E-state index contributed by atoms with van der Waals surface area (Å²) >= 11 is 0. The summed E-state index contributed by atoms with van der Waals surface area (Å²) in [7, 11) is 0. The van der Waals surface area contributed by atoms with Crippen molar-refractivity contribution in [3.8, 4) is 5.75 Å². The predicted molar refractivity (Wildman–Crippen MR) is 146 cm³/mol. The molecule has 196 valence electrons. The second-order valence-corrected chi connectivity index (χ2v) is 9.01. The number of hydrogen-bond acceptors (Lipinski definition) is 7. The Morgan fingerprint density at radius 1 is 1.03 bits per heavy atom. The van der Waals surface area contributed by atoms with E-state index in [4.69, 9.17) is 19.6 Å². The Labute approximate surface area is 220 Å². The molecular weight excluding hydrogens is 484 g/mol. The first-order valence-corrected chi connectivity index (χ1v) is 12.6. The molecule has 38 heavy (non-hydrogen) atoms. The summed E-state index contributed by atoms with van der Waals surface area (Å²) in [6, 6.07) is 21.4. The highest BCUT2D eigenvalue weighted by molar-refractivity contribution is 6.05. The summed E-state index contributed by atoms with van der Waals surface area (Å²) in [6.07, 6.45) is 0.851. The van der Waals surface area contributed by atoms with Gasteiger partial charge >= 0.3 is 0 Å². The number of nitrogen functional groups attached to an aromatic ring is 1. The number of anilines is 2. The van der Waals surface area contributed by atoms with Crippen LogP contribution in [0.5, 0.6) is 5.75 Å². The van der Waals surface area contributed by atoms with Gasteiger partial charge in [0.1, 0.15) is 17.9 Å². The molecule has 4 aromatic rings. The van der Waals surface area contributed by atoms with Gasteiger partial charge in [0, 0.05) is 30.5 Å². The third-order valence-electron chi connectivity index (χ3n) is 6.31. The van der Waals surface area contributed by atoms with Crippen LogP contribution in [-0.2, 0) is 11.2 Å². The van der Waals surface area contributed by atoms with E-state index in [0.29, 0.717) is 41.4 Å². The Bertz CT molecular complexity index is 1410. The van der Waals surface area contributed by atoms with Gasteiger partial charge in [-0.1, -0.05) is 24.3 Å². The van der Waals surface area contributed by atoms with Gasteiger partial charge in [0.05, 0.1) is 30.6 Å². The van der Waals surface area contributed by atoms with E-state index >= 15 is 0 Å². The maximum absolute atomic E-state index is 12.7. The molecule has 1 atom stereocenters. The smallest absolute Gasteiger partial charge is 0.287 e. The zero-order valence-corrected chi connectivity index (χ0v) is 20.9. The van der Waals surface area contributed by atoms with Crippen molar-refractivity contribution in [2.75, 3.05) is 43.9 Å². The normalized spacial score (nSPS) is 15.2. The van der Waals surface area contributed by atoms with Crippen LogP contribution < -0.4 is 26.4 Å². The molecule has 1 aliphatic heterocycles. The lowest BCUT2D eigenvalue weighted by molar-refractivity contribution is 0.0294. The largest absolute Gasteiger partial charge is 0.492 e. The number of carbonyl (C=O) groups is 2. The van der Waals surface area contributed by atoms with Gasteiger partial charge in [0.2, 0.25) is 0 Å². The molecule has 1 fully saturated rings. The number of rotatable bonds is 9. The molecule has 2 heterocycles. The molecule has 0 spiro atoms. The van der Waals surface area contributed by atoms with Gasteiger partial charge in [-0.3, -0.25) is 9.59 Å². The van der Waals surface area contributed by atoms with Gasteiger partial charge in [-0.15, -0.1) is 0 Å².